The molecular weight excluding hydrogens is 348 g/mol. The minimum Gasteiger partial charge on any atom is -0.508 e. The Labute approximate surface area is 163 Å². The number of allylic oxidation sites excluding steroid dienone is 1. The summed E-state index contributed by atoms with van der Waals surface area (Å²) in [5, 5.41) is 23.6. The van der Waals surface area contributed by atoms with Crippen LogP contribution in [0, 0.1) is 0 Å². The third kappa shape index (κ3) is 4.35. The highest BCUT2D eigenvalue weighted by atomic mass is 16.3. The number of benzene rings is 3. The molecule has 0 heterocycles. The lowest BCUT2D eigenvalue weighted by Crippen LogP contribution is -2.26. The van der Waals surface area contributed by atoms with Crippen LogP contribution in [0.15, 0.2) is 83.0 Å². The largest absolute Gasteiger partial charge is 0.508 e. The topological polar surface area (TPSA) is 65.2 Å². The van der Waals surface area contributed by atoms with Crippen molar-refractivity contribution < 1.29 is 10.2 Å². The van der Waals surface area contributed by atoms with E-state index in [1.165, 1.54) is 0 Å². The molecule has 3 rings (SSSR count). The monoisotopic (exact) mass is 370 g/mol. The van der Waals surface area contributed by atoms with Gasteiger partial charge in [-0.25, -0.2) is 0 Å². The molecule has 140 valence electrons. The molecule has 28 heavy (non-hydrogen) atoms. The van der Waals surface area contributed by atoms with E-state index in [0.717, 1.165) is 21.2 Å². The van der Waals surface area contributed by atoms with Gasteiger partial charge >= 0.3 is 0 Å². The number of nitrogens with zero attached hydrogens (tertiary/aromatic N) is 2. The number of fused-ring (bicyclic) bond motifs is 1. The Morgan fingerprint density at radius 1 is 0.929 bits per heavy atom. The quantitative estimate of drug-likeness (QED) is 0.397. The molecule has 3 aromatic rings. The van der Waals surface area contributed by atoms with Crippen molar-refractivity contribution in [2.24, 2.45) is 9.98 Å². The van der Waals surface area contributed by atoms with E-state index in [2.05, 4.69) is 23.1 Å². The van der Waals surface area contributed by atoms with Gasteiger partial charge in [-0.3, -0.25) is 9.98 Å². The van der Waals surface area contributed by atoms with Crippen LogP contribution in [0.2, 0.25) is 0 Å². The molecule has 0 aliphatic carbocycles. The van der Waals surface area contributed by atoms with Gasteiger partial charge in [-0.2, -0.15) is 0 Å². The zero-order chi connectivity index (χ0) is 19.9. The van der Waals surface area contributed by atoms with Crippen LogP contribution in [0.5, 0.6) is 5.75 Å². The van der Waals surface area contributed by atoms with Gasteiger partial charge in [0.05, 0.1) is 13.1 Å². The van der Waals surface area contributed by atoms with Crippen LogP contribution < -0.4 is 10.4 Å². The lowest BCUT2D eigenvalue weighted by atomic mass is 10.0. The number of aromatic hydroxyl groups is 1. The first-order valence-electron chi connectivity index (χ1n) is 8.95. The number of hydrogen-bond donors (Lipinski definition) is 2. The highest BCUT2D eigenvalue weighted by Crippen LogP contribution is 2.25. The number of aliphatic hydroxyl groups excluding tert-OH is 1. The van der Waals surface area contributed by atoms with Crippen molar-refractivity contribution in [3.05, 3.63) is 89.0 Å². The first kappa shape index (κ1) is 19.1. The lowest BCUT2D eigenvalue weighted by Gasteiger charge is -2.04. The smallest absolute Gasteiger partial charge is 0.124 e. The Hall–Kier alpha value is -3.66. The Balaban J connectivity index is 1.73. The predicted molar refractivity (Wildman–Crippen MR) is 118 cm³/mol. The summed E-state index contributed by atoms with van der Waals surface area (Å²) in [6.07, 6.45) is 3.27. The molecule has 2 N–H and O–H groups in total. The molecule has 0 aliphatic rings. The number of phenols is 1. The van der Waals surface area contributed by atoms with Crippen molar-refractivity contribution in [1.82, 2.24) is 0 Å². The summed E-state index contributed by atoms with van der Waals surface area (Å²) in [5.41, 5.74) is 1.24. The minimum absolute atomic E-state index is 0.0518. The maximum absolute atomic E-state index is 10.1. The van der Waals surface area contributed by atoms with E-state index in [0.29, 0.717) is 24.2 Å². The number of hydrogen-bond acceptors (Lipinski definition) is 4. The third-order valence-corrected chi connectivity index (χ3v) is 4.37. The van der Waals surface area contributed by atoms with Gasteiger partial charge in [0, 0.05) is 23.6 Å². The second-order valence-corrected chi connectivity index (χ2v) is 6.31. The SMILES string of the molecule is C=C(O)/C(C=NCCN=Cc1c(O)ccc2ccccc12)=c1/ccccc1=C. The second-order valence-electron chi connectivity index (χ2n) is 6.31. The normalized spacial score (nSPS) is 12.7. The summed E-state index contributed by atoms with van der Waals surface area (Å²) < 4.78 is 0. The molecule has 4 heteroatoms. The van der Waals surface area contributed by atoms with E-state index in [1.54, 1.807) is 18.5 Å². The Morgan fingerprint density at radius 2 is 1.64 bits per heavy atom. The Kier molecular flexibility index (Phi) is 6.02. The molecular formula is C24H22N2O2. The van der Waals surface area contributed by atoms with Crippen LogP contribution in [-0.4, -0.2) is 35.7 Å². The average Bonchev–Trinajstić information content (AvgIpc) is 2.69. The van der Waals surface area contributed by atoms with Crippen LogP contribution in [0.25, 0.3) is 22.9 Å². The highest BCUT2D eigenvalue weighted by Gasteiger charge is 2.03. The van der Waals surface area contributed by atoms with Gasteiger partial charge in [0.15, 0.2) is 0 Å². The Morgan fingerprint density at radius 3 is 2.43 bits per heavy atom. The first-order valence-corrected chi connectivity index (χ1v) is 8.95. The zero-order valence-corrected chi connectivity index (χ0v) is 15.5. The van der Waals surface area contributed by atoms with Gasteiger partial charge in [0.2, 0.25) is 0 Å². The fourth-order valence-electron chi connectivity index (χ4n) is 2.93. The van der Waals surface area contributed by atoms with Crippen molar-refractivity contribution >= 4 is 35.4 Å². The van der Waals surface area contributed by atoms with E-state index < -0.39 is 0 Å². The number of aliphatic imine (C=N–C) groups is 2. The molecule has 0 unspecified atom stereocenters. The predicted octanol–water partition coefficient (Wildman–Crippen LogP) is 3.37. The first-order chi connectivity index (χ1) is 13.6. The molecule has 0 amide bonds. The summed E-state index contributed by atoms with van der Waals surface area (Å²) >= 11 is 0. The molecule has 0 bridgehead atoms. The van der Waals surface area contributed by atoms with Gasteiger partial charge in [0.1, 0.15) is 11.5 Å². The molecule has 0 spiro atoms. The third-order valence-electron chi connectivity index (χ3n) is 4.37. The molecule has 0 radical (unpaired) electrons. The van der Waals surface area contributed by atoms with Crippen molar-refractivity contribution in [3.63, 3.8) is 0 Å². The number of aliphatic hydroxyl groups is 1. The molecule has 0 aliphatic heterocycles. The zero-order valence-electron chi connectivity index (χ0n) is 15.5. The van der Waals surface area contributed by atoms with Gasteiger partial charge in [-0.05, 0) is 27.3 Å². The summed E-state index contributed by atoms with van der Waals surface area (Å²) in [6, 6.07) is 18.9. The van der Waals surface area contributed by atoms with Gasteiger partial charge in [0.25, 0.3) is 0 Å². The van der Waals surface area contributed by atoms with E-state index in [1.807, 2.05) is 54.6 Å². The molecule has 0 saturated carbocycles. The summed E-state index contributed by atoms with van der Waals surface area (Å²) in [6.45, 7) is 8.47. The summed E-state index contributed by atoms with van der Waals surface area (Å²) in [7, 11) is 0. The van der Waals surface area contributed by atoms with Crippen LogP contribution in [-0.2, 0) is 0 Å². The number of rotatable bonds is 6. The molecule has 4 nitrogen and oxygen atoms in total. The van der Waals surface area contributed by atoms with Gasteiger partial charge < -0.3 is 10.2 Å². The van der Waals surface area contributed by atoms with E-state index >= 15 is 0 Å². The molecule has 3 aromatic carbocycles. The average molecular weight is 370 g/mol. The summed E-state index contributed by atoms with van der Waals surface area (Å²) in [4.78, 5) is 8.72. The highest BCUT2D eigenvalue weighted by molar-refractivity contribution is 6.08. The van der Waals surface area contributed by atoms with Crippen molar-refractivity contribution in [2.75, 3.05) is 13.1 Å². The standard InChI is InChI=1S/C24H22N2O2/c1-17-7-3-5-9-20(17)22(18(2)27)15-25-13-14-26-16-23-21-10-6-4-8-19(21)11-12-24(23)28/h3-12,15-16,27-28H,1-2,13-14H2/b22-20-,25-15?,26-16?. The van der Waals surface area contributed by atoms with Crippen LogP contribution >= 0.6 is 0 Å². The summed E-state index contributed by atoms with van der Waals surface area (Å²) in [5.74, 6) is 0.147. The lowest BCUT2D eigenvalue weighted by molar-refractivity contribution is 0.442. The maximum atomic E-state index is 10.1. The van der Waals surface area contributed by atoms with Crippen molar-refractivity contribution in [3.8, 4) is 5.75 Å². The maximum Gasteiger partial charge on any atom is 0.124 e. The second kappa shape index (κ2) is 8.82. The number of phenolic OH excluding ortho intramolecular Hbond substituents is 1. The van der Waals surface area contributed by atoms with Crippen LogP contribution in [0.1, 0.15) is 5.56 Å². The van der Waals surface area contributed by atoms with Crippen molar-refractivity contribution in [1.29, 1.82) is 0 Å². The minimum atomic E-state index is -0.0518. The van der Waals surface area contributed by atoms with Crippen LogP contribution in [0.3, 0.4) is 0 Å². The molecule has 0 saturated heterocycles. The Bertz CT molecular complexity index is 1180. The fourth-order valence-corrected chi connectivity index (χ4v) is 2.93. The van der Waals surface area contributed by atoms with Crippen molar-refractivity contribution in [2.45, 2.75) is 0 Å². The van der Waals surface area contributed by atoms with E-state index in [-0.39, 0.29) is 11.5 Å². The van der Waals surface area contributed by atoms with Gasteiger partial charge in [-0.15, -0.1) is 0 Å². The fraction of sp³-hybridized carbons (Fsp3) is 0.0833. The van der Waals surface area contributed by atoms with Crippen LogP contribution in [0.4, 0.5) is 0 Å². The molecule has 0 fully saturated rings. The molecule has 0 atom stereocenters. The van der Waals surface area contributed by atoms with E-state index in [4.69, 9.17) is 0 Å². The molecule has 0 aromatic heterocycles. The van der Waals surface area contributed by atoms with E-state index in [9.17, 15) is 10.2 Å². The van der Waals surface area contributed by atoms with Gasteiger partial charge in [-0.1, -0.05) is 67.8 Å².